The second-order valence-corrected chi connectivity index (χ2v) is 11.0. The van der Waals surface area contributed by atoms with Crippen molar-refractivity contribution in [2.24, 2.45) is 5.92 Å². The monoisotopic (exact) mass is 576 g/mol. The minimum absolute atomic E-state index is 0.0867. The van der Waals surface area contributed by atoms with E-state index in [0.717, 1.165) is 31.5 Å². The summed E-state index contributed by atoms with van der Waals surface area (Å²) in [7, 11) is 0. The Morgan fingerprint density at radius 1 is 1.00 bits per heavy atom. The zero-order valence-corrected chi connectivity index (χ0v) is 24.7. The summed E-state index contributed by atoms with van der Waals surface area (Å²) >= 11 is 0. The second kappa shape index (κ2) is 16.9. The zero-order chi connectivity index (χ0) is 29.6. The van der Waals surface area contributed by atoms with Crippen LogP contribution in [0.5, 0.6) is 0 Å². The fourth-order valence-electron chi connectivity index (χ4n) is 5.72. The van der Waals surface area contributed by atoms with E-state index in [1.807, 2.05) is 24.3 Å². The molecule has 1 unspecified atom stereocenters. The van der Waals surface area contributed by atoms with E-state index in [1.54, 1.807) is 0 Å². The van der Waals surface area contributed by atoms with Gasteiger partial charge in [-0.25, -0.2) is 0 Å². The van der Waals surface area contributed by atoms with Gasteiger partial charge in [0.15, 0.2) is 5.78 Å². The van der Waals surface area contributed by atoms with E-state index in [-0.39, 0.29) is 35.7 Å². The highest BCUT2D eigenvalue weighted by Crippen LogP contribution is 2.35. The van der Waals surface area contributed by atoms with Gasteiger partial charge >= 0.3 is 5.97 Å². The van der Waals surface area contributed by atoms with Crippen molar-refractivity contribution in [2.75, 3.05) is 39.5 Å². The molecule has 0 radical (unpaired) electrons. The normalized spacial score (nSPS) is 21.1. The number of nitrogens with zero attached hydrogens (tertiary/aromatic N) is 1. The number of hydrogen-bond acceptors (Lipinski definition) is 7. The molecule has 1 aliphatic carbocycles. The van der Waals surface area contributed by atoms with Crippen LogP contribution in [0.3, 0.4) is 0 Å². The number of carbonyl (C=O) groups is 3. The highest BCUT2D eigenvalue weighted by Gasteiger charge is 2.45. The first-order chi connectivity index (χ1) is 20.5. The fraction of sp³-hybridized carbons (Fsp3) is 0.500. The molecule has 226 valence electrons. The van der Waals surface area contributed by atoms with Crippen LogP contribution in [-0.4, -0.2) is 74.2 Å². The minimum atomic E-state index is -0.235. The Balaban J connectivity index is 1.26. The van der Waals surface area contributed by atoms with E-state index in [0.29, 0.717) is 58.7 Å². The lowest BCUT2D eigenvalue weighted by Crippen LogP contribution is -2.49. The van der Waals surface area contributed by atoms with Crippen LogP contribution in [0.4, 0.5) is 0 Å². The minimum Gasteiger partial charge on any atom is -0.466 e. The summed E-state index contributed by atoms with van der Waals surface area (Å²) in [5.41, 5.74) is 3.45. The molecule has 0 spiro atoms. The Bertz CT molecular complexity index is 1160. The highest BCUT2D eigenvalue weighted by molar-refractivity contribution is 5.87. The van der Waals surface area contributed by atoms with Crippen molar-refractivity contribution in [1.29, 1.82) is 0 Å². The maximum Gasteiger partial charge on any atom is 0.306 e. The Morgan fingerprint density at radius 3 is 2.45 bits per heavy atom. The molecule has 2 aromatic rings. The first kappa shape index (κ1) is 31.6. The molecular formula is C34H44N2O6. The number of hydrogen-bond donors (Lipinski definition) is 1. The number of carbonyl (C=O) groups excluding carboxylic acids is 3. The lowest BCUT2D eigenvalue weighted by molar-refractivity contribution is -0.143. The Morgan fingerprint density at radius 2 is 1.71 bits per heavy atom. The molecule has 1 N–H and O–H groups in total. The van der Waals surface area contributed by atoms with E-state index in [2.05, 4.69) is 52.7 Å². The summed E-state index contributed by atoms with van der Waals surface area (Å²) < 4.78 is 17.2. The molecule has 1 aliphatic heterocycles. The number of ketones is 1. The summed E-state index contributed by atoms with van der Waals surface area (Å²) in [4.78, 5) is 38.3. The molecule has 1 saturated carbocycles. The number of ether oxygens (including phenoxy) is 3. The molecular weight excluding hydrogens is 532 g/mol. The molecule has 4 rings (SSSR count). The van der Waals surface area contributed by atoms with Crippen molar-refractivity contribution in [3.8, 4) is 11.1 Å². The molecule has 2 aliphatic rings. The van der Waals surface area contributed by atoms with E-state index < -0.39 is 0 Å². The van der Waals surface area contributed by atoms with Gasteiger partial charge in [0.05, 0.1) is 38.6 Å². The summed E-state index contributed by atoms with van der Waals surface area (Å²) in [6.45, 7) is 5.58. The molecule has 1 heterocycles. The molecule has 0 aromatic heterocycles. The van der Waals surface area contributed by atoms with E-state index in [1.165, 1.54) is 18.1 Å². The van der Waals surface area contributed by atoms with E-state index in [9.17, 15) is 14.4 Å². The van der Waals surface area contributed by atoms with Crippen molar-refractivity contribution >= 4 is 17.7 Å². The molecule has 1 saturated heterocycles. The van der Waals surface area contributed by atoms with Crippen molar-refractivity contribution in [1.82, 2.24) is 10.2 Å². The third-order valence-electron chi connectivity index (χ3n) is 7.89. The molecule has 2 aromatic carbocycles. The van der Waals surface area contributed by atoms with Crippen LogP contribution >= 0.6 is 0 Å². The Hall–Kier alpha value is -3.33. The lowest BCUT2D eigenvalue weighted by Gasteiger charge is -2.35. The van der Waals surface area contributed by atoms with E-state index in [4.69, 9.17) is 14.2 Å². The van der Waals surface area contributed by atoms with Crippen LogP contribution < -0.4 is 5.32 Å². The van der Waals surface area contributed by atoms with Gasteiger partial charge in [-0.15, -0.1) is 0 Å². The average molecular weight is 577 g/mol. The number of benzene rings is 2. The maximum absolute atomic E-state index is 13.2. The largest absolute Gasteiger partial charge is 0.466 e. The van der Waals surface area contributed by atoms with Crippen molar-refractivity contribution < 1.29 is 28.6 Å². The van der Waals surface area contributed by atoms with Gasteiger partial charge in [0.25, 0.3) is 0 Å². The first-order valence-corrected chi connectivity index (χ1v) is 15.2. The molecule has 42 heavy (non-hydrogen) atoms. The van der Waals surface area contributed by atoms with Gasteiger partial charge in [0.2, 0.25) is 5.91 Å². The number of amides is 1. The van der Waals surface area contributed by atoms with Gasteiger partial charge in [0.1, 0.15) is 0 Å². The number of Topliss-reactive ketones (excluding diaryl/α,β-unsaturated/α-hetero) is 1. The van der Waals surface area contributed by atoms with Gasteiger partial charge in [-0.3, -0.25) is 19.3 Å². The van der Waals surface area contributed by atoms with Gasteiger partial charge in [-0.2, -0.15) is 0 Å². The number of allylic oxidation sites excluding steroid dienone is 2. The first-order valence-electron chi connectivity index (χ1n) is 15.2. The van der Waals surface area contributed by atoms with Crippen molar-refractivity contribution in [2.45, 2.75) is 64.2 Å². The van der Waals surface area contributed by atoms with Gasteiger partial charge in [0, 0.05) is 45.3 Å². The van der Waals surface area contributed by atoms with Crippen LogP contribution in [0.25, 0.3) is 11.1 Å². The van der Waals surface area contributed by atoms with Crippen LogP contribution in [-0.2, 0) is 35.2 Å². The molecule has 0 bridgehead atoms. The third-order valence-corrected chi connectivity index (χ3v) is 7.89. The number of rotatable bonds is 15. The molecule has 3 atom stereocenters. The fourth-order valence-corrected chi connectivity index (χ4v) is 5.72. The summed E-state index contributed by atoms with van der Waals surface area (Å²) in [6.07, 6.45) is 7.63. The summed E-state index contributed by atoms with van der Waals surface area (Å²) in [5, 5.41) is 2.68. The predicted molar refractivity (Wildman–Crippen MR) is 162 cm³/mol. The summed E-state index contributed by atoms with van der Waals surface area (Å²) in [6, 6.07) is 18.6. The van der Waals surface area contributed by atoms with E-state index >= 15 is 0 Å². The Labute approximate surface area is 249 Å². The number of nitrogens with one attached hydrogen (secondary N) is 1. The molecule has 2 fully saturated rings. The van der Waals surface area contributed by atoms with Gasteiger partial charge in [-0.05, 0) is 42.4 Å². The van der Waals surface area contributed by atoms with Crippen LogP contribution in [0.2, 0.25) is 0 Å². The Kier molecular flexibility index (Phi) is 12.8. The maximum atomic E-state index is 13.2. The summed E-state index contributed by atoms with van der Waals surface area (Å²) in [5.74, 6) is 0.0480. The van der Waals surface area contributed by atoms with Crippen LogP contribution in [0, 0.1) is 5.92 Å². The van der Waals surface area contributed by atoms with Gasteiger partial charge < -0.3 is 19.5 Å². The van der Waals surface area contributed by atoms with Crippen LogP contribution in [0.15, 0.2) is 66.7 Å². The standard InChI is InChI=1S/C34H44N2O6/c1-26(37)35-18-9-21-41-33(39)13-8-3-2-7-12-30-32(24-31(38)34(30)36-19-22-40-23-20-36)42-25-27-14-16-29(17-15-27)28-10-5-4-6-11-28/h2-6,10-11,14-17,30,32,34H,7-9,12-13,18-25H2,1H3,(H,35,37)/t30?,32-,34+/m0/s1. The predicted octanol–water partition coefficient (Wildman–Crippen LogP) is 4.71. The van der Waals surface area contributed by atoms with Crippen LogP contribution in [0.1, 0.15) is 51.0 Å². The zero-order valence-electron chi connectivity index (χ0n) is 24.7. The molecule has 8 heteroatoms. The smallest absolute Gasteiger partial charge is 0.306 e. The highest BCUT2D eigenvalue weighted by atomic mass is 16.5. The van der Waals surface area contributed by atoms with Gasteiger partial charge in [-0.1, -0.05) is 66.7 Å². The van der Waals surface area contributed by atoms with Crippen molar-refractivity contribution in [3.63, 3.8) is 0 Å². The average Bonchev–Trinajstić information content (AvgIpc) is 3.33. The SMILES string of the molecule is CC(=O)NCCCOC(=O)CCC=CCCC1[C@@H](OCc2ccc(-c3ccccc3)cc2)CC(=O)[C@@H]1N1CCOCC1. The number of morpholine rings is 1. The quantitative estimate of drug-likeness (QED) is 0.186. The molecule has 1 amide bonds. The third kappa shape index (κ3) is 9.89. The van der Waals surface area contributed by atoms with Crippen molar-refractivity contribution in [3.05, 3.63) is 72.3 Å². The lowest BCUT2D eigenvalue weighted by atomic mass is 9.93. The number of esters is 1. The topological polar surface area (TPSA) is 94.2 Å². The second-order valence-electron chi connectivity index (χ2n) is 11.0. The molecule has 8 nitrogen and oxygen atoms in total.